The van der Waals surface area contributed by atoms with Gasteiger partial charge in [-0.15, -0.1) is 0 Å². The Balaban J connectivity index is 1.43. The molecular weight excluding hydrogens is 430 g/mol. The molecule has 0 radical (unpaired) electrons. The fourth-order valence-corrected chi connectivity index (χ4v) is 4.92. The summed E-state index contributed by atoms with van der Waals surface area (Å²) >= 11 is 1.56. The van der Waals surface area contributed by atoms with Crippen molar-refractivity contribution in [3.8, 4) is 10.6 Å². The second-order valence-electron chi connectivity index (χ2n) is 8.83. The van der Waals surface area contributed by atoms with Gasteiger partial charge in [-0.1, -0.05) is 59.9 Å². The van der Waals surface area contributed by atoms with Gasteiger partial charge in [-0.05, 0) is 38.0 Å². The fourth-order valence-electron chi connectivity index (χ4n) is 4.02. The molecule has 1 atom stereocenters. The number of hydrogen-bond donors (Lipinski definition) is 1. The molecule has 0 saturated carbocycles. The Bertz CT molecular complexity index is 1470. The highest BCUT2D eigenvalue weighted by Gasteiger charge is 2.30. The number of rotatable bonds is 5. The Hall–Kier alpha value is -3.58. The van der Waals surface area contributed by atoms with E-state index < -0.39 is 5.41 Å². The molecule has 6 nitrogen and oxygen atoms in total. The Morgan fingerprint density at radius 1 is 1.09 bits per heavy atom. The number of pyridine rings is 1. The predicted octanol–water partition coefficient (Wildman–Crippen LogP) is 5.40. The van der Waals surface area contributed by atoms with Crippen molar-refractivity contribution in [1.29, 1.82) is 0 Å². The number of carbonyl (C=O) groups excluding carboxylic acids is 1. The highest BCUT2D eigenvalue weighted by Crippen LogP contribution is 2.33. The van der Waals surface area contributed by atoms with Crippen molar-refractivity contribution in [2.75, 3.05) is 0 Å². The van der Waals surface area contributed by atoms with Crippen LogP contribution in [0.25, 0.3) is 32.0 Å². The van der Waals surface area contributed by atoms with Gasteiger partial charge in [-0.2, -0.15) is 0 Å². The van der Waals surface area contributed by atoms with Crippen LogP contribution in [-0.4, -0.2) is 25.4 Å². The van der Waals surface area contributed by atoms with Crippen LogP contribution in [-0.2, 0) is 17.3 Å². The first-order chi connectivity index (χ1) is 15.8. The lowest BCUT2D eigenvalue weighted by molar-refractivity contribution is -0.126. The standard InChI is InChI=1S/C26H25N5OS/c1-16(29-25(32)26(2,3)19-11-6-5-7-12-19)17-9-8-10-18(13-17)23-30-21-22-20(28-15-31(22)4)14-27-24(21)33-23/h5-16H,1-4H3,(H,29,32)/t16-/m0/s1. The zero-order valence-corrected chi connectivity index (χ0v) is 19.9. The summed E-state index contributed by atoms with van der Waals surface area (Å²) in [5.41, 5.74) is 5.10. The first kappa shape index (κ1) is 21.3. The molecule has 166 valence electrons. The van der Waals surface area contributed by atoms with Crippen molar-refractivity contribution in [3.05, 3.63) is 78.2 Å². The molecule has 3 aromatic heterocycles. The van der Waals surface area contributed by atoms with E-state index in [1.54, 1.807) is 23.9 Å². The van der Waals surface area contributed by atoms with E-state index in [2.05, 4.69) is 21.4 Å². The van der Waals surface area contributed by atoms with Crippen LogP contribution < -0.4 is 5.32 Å². The number of benzene rings is 2. The van der Waals surface area contributed by atoms with Crippen molar-refractivity contribution < 1.29 is 4.79 Å². The van der Waals surface area contributed by atoms with E-state index in [0.29, 0.717) is 0 Å². The minimum absolute atomic E-state index is 0.00519. The highest BCUT2D eigenvalue weighted by molar-refractivity contribution is 7.21. The molecule has 1 N–H and O–H groups in total. The van der Waals surface area contributed by atoms with Crippen LogP contribution in [0.3, 0.4) is 0 Å². The van der Waals surface area contributed by atoms with Crippen LogP contribution in [0.1, 0.15) is 37.9 Å². The van der Waals surface area contributed by atoms with Crippen LogP contribution >= 0.6 is 11.3 Å². The lowest BCUT2D eigenvalue weighted by Gasteiger charge is -2.26. The number of thiazole rings is 1. The summed E-state index contributed by atoms with van der Waals surface area (Å²) in [4.78, 5) is 27.8. The molecule has 0 bridgehead atoms. The fraction of sp³-hybridized carbons (Fsp3) is 0.231. The van der Waals surface area contributed by atoms with E-state index in [1.165, 1.54) is 0 Å². The molecule has 0 aliphatic rings. The number of aromatic nitrogens is 4. The van der Waals surface area contributed by atoms with Gasteiger partial charge < -0.3 is 9.88 Å². The topological polar surface area (TPSA) is 72.7 Å². The summed E-state index contributed by atoms with van der Waals surface area (Å²) in [6, 6.07) is 17.9. The first-order valence-electron chi connectivity index (χ1n) is 10.9. The summed E-state index contributed by atoms with van der Waals surface area (Å²) < 4.78 is 1.98. The van der Waals surface area contributed by atoms with Crippen molar-refractivity contribution in [2.24, 2.45) is 7.05 Å². The molecule has 2 aromatic carbocycles. The molecular formula is C26H25N5OS. The molecule has 7 heteroatoms. The highest BCUT2D eigenvalue weighted by atomic mass is 32.1. The number of imidazole rings is 1. The number of fused-ring (bicyclic) bond motifs is 3. The number of carbonyl (C=O) groups is 1. The van der Waals surface area contributed by atoms with Crippen LogP contribution in [0.2, 0.25) is 0 Å². The van der Waals surface area contributed by atoms with Crippen molar-refractivity contribution in [2.45, 2.75) is 32.2 Å². The quantitative estimate of drug-likeness (QED) is 0.385. The molecule has 0 spiro atoms. The molecule has 5 aromatic rings. The zero-order chi connectivity index (χ0) is 23.2. The second-order valence-corrected chi connectivity index (χ2v) is 9.81. The Labute approximate surface area is 196 Å². The lowest BCUT2D eigenvalue weighted by atomic mass is 9.83. The Morgan fingerprint density at radius 2 is 1.88 bits per heavy atom. The molecule has 0 unspecified atom stereocenters. The first-order valence-corrected chi connectivity index (χ1v) is 11.7. The normalized spacial score (nSPS) is 12.8. The summed E-state index contributed by atoms with van der Waals surface area (Å²) in [6.45, 7) is 5.92. The van der Waals surface area contributed by atoms with Gasteiger partial charge in [0.1, 0.15) is 20.9 Å². The largest absolute Gasteiger partial charge is 0.349 e. The average Bonchev–Trinajstić information content (AvgIpc) is 3.43. The lowest BCUT2D eigenvalue weighted by Crippen LogP contribution is -2.41. The van der Waals surface area contributed by atoms with E-state index in [9.17, 15) is 4.79 Å². The molecule has 0 fully saturated rings. The summed E-state index contributed by atoms with van der Waals surface area (Å²) in [7, 11) is 1.97. The SMILES string of the molecule is C[C@H](NC(=O)C(C)(C)c1ccccc1)c1cccc(-c2nc3c(ncc4ncn(C)c43)s2)c1. The van der Waals surface area contributed by atoms with Gasteiger partial charge in [-0.25, -0.2) is 15.0 Å². The van der Waals surface area contributed by atoms with Gasteiger partial charge in [0.05, 0.1) is 29.5 Å². The van der Waals surface area contributed by atoms with Gasteiger partial charge in [0, 0.05) is 12.6 Å². The van der Waals surface area contributed by atoms with Crippen LogP contribution in [0.5, 0.6) is 0 Å². The molecule has 33 heavy (non-hydrogen) atoms. The smallest absolute Gasteiger partial charge is 0.230 e. The van der Waals surface area contributed by atoms with Crippen LogP contribution in [0, 0.1) is 0 Å². The second kappa shape index (κ2) is 8.08. The summed E-state index contributed by atoms with van der Waals surface area (Å²) in [5, 5.41) is 4.09. The van der Waals surface area contributed by atoms with Crippen LogP contribution in [0.4, 0.5) is 0 Å². The number of nitrogens with zero attached hydrogens (tertiary/aromatic N) is 4. The van der Waals surface area contributed by atoms with E-state index in [1.807, 2.05) is 80.9 Å². The van der Waals surface area contributed by atoms with Crippen molar-refractivity contribution in [3.63, 3.8) is 0 Å². The number of hydrogen-bond acceptors (Lipinski definition) is 5. The van der Waals surface area contributed by atoms with E-state index in [-0.39, 0.29) is 11.9 Å². The monoisotopic (exact) mass is 455 g/mol. The average molecular weight is 456 g/mol. The molecule has 3 heterocycles. The van der Waals surface area contributed by atoms with Gasteiger partial charge >= 0.3 is 0 Å². The van der Waals surface area contributed by atoms with E-state index in [0.717, 1.165) is 43.1 Å². The third-order valence-corrected chi connectivity index (χ3v) is 7.16. The van der Waals surface area contributed by atoms with Crippen molar-refractivity contribution >= 4 is 38.6 Å². The predicted molar refractivity (Wildman–Crippen MR) is 133 cm³/mol. The van der Waals surface area contributed by atoms with Gasteiger partial charge in [0.15, 0.2) is 0 Å². The molecule has 1 amide bonds. The maximum Gasteiger partial charge on any atom is 0.230 e. The summed E-state index contributed by atoms with van der Waals surface area (Å²) in [5.74, 6) is -0.00519. The third kappa shape index (κ3) is 3.78. The summed E-state index contributed by atoms with van der Waals surface area (Å²) in [6.07, 6.45) is 3.58. The number of aryl methyl sites for hydroxylation is 1. The number of amides is 1. The van der Waals surface area contributed by atoms with Gasteiger partial charge in [0.2, 0.25) is 5.91 Å². The van der Waals surface area contributed by atoms with E-state index >= 15 is 0 Å². The number of nitrogens with one attached hydrogen (secondary N) is 1. The van der Waals surface area contributed by atoms with Gasteiger partial charge in [-0.3, -0.25) is 4.79 Å². The van der Waals surface area contributed by atoms with Crippen LogP contribution in [0.15, 0.2) is 67.1 Å². The molecule has 0 saturated heterocycles. The molecule has 0 aliphatic heterocycles. The minimum atomic E-state index is -0.625. The van der Waals surface area contributed by atoms with Gasteiger partial charge in [0.25, 0.3) is 0 Å². The molecule has 5 rings (SSSR count). The zero-order valence-electron chi connectivity index (χ0n) is 19.0. The third-order valence-electron chi connectivity index (χ3n) is 6.15. The maximum atomic E-state index is 13.1. The molecule has 0 aliphatic carbocycles. The maximum absolute atomic E-state index is 13.1. The Kier molecular flexibility index (Phi) is 5.21. The Morgan fingerprint density at radius 3 is 2.67 bits per heavy atom. The minimum Gasteiger partial charge on any atom is -0.349 e. The van der Waals surface area contributed by atoms with Crippen molar-refractivity contribution in [1.82, 2.24) is 24.8 Å². The van der Waals surface area contributed by atoms with E-state index in [4.69, 9.17) is 4.98 Å².